The Hall–Kier alpha value is -2.24. The van der Waals surface area contributed by atoms with Crippen LogP contribution in [0.25, 0.3) is 0 Å². The van der Waals surface area contributed by atoms with E-state index in [0.29, 0.717) is 6.01 Å². The number of nitrogens with zero attached hydrogens (tertiary/aromatic N) is 5. The number of aryl methyl sites for hydroxylation is 1. The van der Waals surface area contributed by atoms with Gasteiger partial charge >= 0.3 is 6.01 Å². The molecule has 0 amide bonds. The smallest absolute Gasteiger partial charge is 0.316 e. The zero-order valence-corrected chi connectivity index (χ0v) is 11.4. The van der Waals surface area contributed by atoms with Gasteiger partial charge in [-0.15, -0.1) is 0 Å². The van der Waals surface area contributed by atoms with Gasteiger partial charge < -0.3 is 9.64 Å². The normalized spacial score (nSPS) is 18.9. The van der Waals surface area contributed by atoms with E-state index < -0.39 is 0 Å². The van der Waals surface area contributed by atoms with Crippen molar-refractivity contribution in [2.24, 2.45) is 0 Å². The molecule has 1 aliphatic rings. The molecule has 0 bridgehead atoms. The largest absolute Gasteiger partial charge is 0.458 e. The van der Waals surface area contributed by atoms with Gasteiger partial charge in [0.15, 0.2) is 0 Å². The van der Waals surface area contributed by atoms with Crippen LogP contribution in [0, 0.1) is 6.92 Å². The van der Waals surface area contributed by atoms with Crippen molar-refractivity contribution in [2.45, 2.75) is 25.9 Å². The van der Waals surface area contributed by atoms with Gasteiger partial charge in [0.25, 0.3) is 0 Å². The SMILES string of the molecule is Cc1cnc(OC2CCCN(c3ncccn3)C2)nc1. The molecule has 0 spiro atoms. The number of anilines is 1. The molecule has 6 heteroatoms. The molecule has 0 aliphatic carbocycles. The summed E-state index contributed by atoms with van der Waals surface area (Å²) in [6.07, 6.45) is 9.18. The van der Waals surface area contributed by atoms with Crippen LogP contribution in [-0.4, -0.2) is 39.1 Å². The maximum Gasteiger partial charge on any atom is 0.316 e. The summed E-state index contributed by atoms with van der Waals surface area (Å²) in [5.74, 6) is 0.755. The van der Waals surface area contributed by atoms with Gasteiger partial charge in [-0.25, -0.2) is 19.9 Å². The summed E-state index contributed by atoms with van der Waals surface area (Å²) >= 11 is 0. The molecule has 1 aliphatic heterocycles. The highest BCUT2D eigenvalue weighted by molar-refractivity contribution is 5.29. The molecule has 20 heavy (non-hydrogen) atoms. The first-order valence-corrected chi connectivity index (χ1v) is 6.78. The van der Waals surface area contributed by atoms with Crippen molar-refractivity contribution in [3.05, 3.63) is 36.4 Å². The van der Waals surface area contributed by atoms with Crippen molar-refractivity contribution in [3.8, 4) is 6.01 Å². The molecule has 2 aromatic rings. The van der Waals surface area contributed by atoms with Gasteiger partial charge in [0.2, 0.25) is 5.95 Å². The third-order valence-electron chi connectivity index (χ3n) is 3.24. The predicted octanol–water partition coefficient (Wildman–Crippen LogP) is 1.62. The summed E-state index contributed by atoms with van der Waals surface area (Å²) in [4.78, 5) is 19.1. The van der Waals surface area contributed by atoms with Crippen molar-refractivity contribution in [1.29, 1.82) is 0 Å². The molecule has 3 heterocycles. The fourth-order valence-corrected chi connectivity index (χ4v) is 2.26. The predicted molar refractivity (Wildman–Crippen MR) is 74.7 cm³/mol. The van der Waals surface area contributed by atoms with Crippen LogP contribution in [0.5, 0.6) is 6.01 Å². The first-order valence-electron chi connectivity index (χ1n) is 6.78. The Kier molecular flexibility index (Phi) is 3.71. The minimum atomic E-state index is 0.0789. The molecule has 0 N–H and O–H groups in total. The Bertz CT molecular complexity index is 545. The Morgan fingerprint density at radius 3 is 2.65 bits per heavy atom. The number of aromatic nitrogens is 4. The molecule has 0 aromatic carbocycles. The topological polar surface area (TPSA) is 64.0 Å². The van der Waals surface area contributed by atoms with Gasteiger partial charge in [-0.2, -0.15) is 0 Å². The van der Waals surface area contributed by atoms with Gasteiger partial charge in [0.1, 0.15) is 6.10 Å². The number of rotatable bonds is 3. The molecule has 1 unspecified atom stereocenters. The second-order valence-electron chi connectivity index (χ2n) is 4.92. The fourth-order valence-electron chi connectivity index (χ4n) is 2.26. The molecule has 2 aromatic heterocycles. The Morgan fingerprint density at radius 1 is 1.15 bits per heavy atom. The number of hydrogen-bond donors (Lipinski definition) is 0. The average Bonchev–Trinajstić information content (AvgIpc) is 2.51. The van der Waals surface area contributed by atoms with E-state index in [2.05, 4.69) is 24.8 Å². The molecule has 0 radical (unpaired) electrons. The lowest BCUT2D eigenvalue weighted by molar-refractivity contribution is 0.164. The van der Waals surface area contributed by atoms with Crippen molar-refractivity contribution in [2.75, 3.05) is 18.0 Å². The van der Waals surface area contributed by atoms with Crippen LogP contribution in [0.4, 0.5) is 5.95 Å². The number of hydrogen-bond acceptors (Lipinski definition) is 6. The molecular weight excluding hydrogens is 254 g/mol. The number of ether oxygens (including phenoxy) is 1. The van der Waals surface area contributed by atoms with Crippen LogP contribution in [0.2, 0.25) is 0 Å². The highest BCUT2D eigenvalue weighted by atomic mass is 16.5. The second kappa shape index (κ2) is 5.81. The standard InChI is InChI=1S/C14H17N5O/c1-11-8-17-14(18-9-11)20-12-4-2-7-19(10-12)13-15-5-3-6-16-13/h3,5-6,8-9,12H,2,4,7,10H2,1H3. The third kappa shape index (κ3) is 3.01. The fraction of sp³-hybridized carbons (Fsp3) is 0.429. The first-order chi connectivity index (χ1) is 9.81. The van der Waals surface area contributed by atoms with E-state index in [1.807, 2.05) is 13.0 Å². The van der Waals surface area contributed by atoms with Gasteiger partial charge in [-0.3, -0.25) is 0 Å². The minimum Gasteiger partial charge on any atom is -0.458 e. The van der Waals surface area contributed by atoms with Gasteiger partial charge in [-0.1, -0.05) is 0 Å². The van der Waals surface area contributed by atoms with Gasteiger partial charge in [-0.05, 0) is 31.4 Å². The summed E-state index contributed by atoms with van der Waals surface area (Å²) in [6.45, 7) is 3.68. The van der Waals surface area contributed by atoms with Crippen LogP contribution in [-0.2, 0) is 0 Å². The maximum atomic E-state index is 5.84. The highest BCUT2D eigenvalue weighted by Gasteiger charge is 2.23. The van der Waals surface area contributed by atoms with Crippen LogP contribution in [0.3, 0.4) is 0 Å². The maximum absolute atomic E-state index is 5.84. The quantitative estimate of drug-likeness (QED) is 0.845. The number of piperidine rings is 1. The summed E-state index contributed by atoms with van der Waals surface area (Å²) < 4.78 is 5.84. The zero-order valence-electron chi connectivity index (χ0n) is 11.4. The van der Waals surface area contributed by atoms with Gasteiger partial charge in [0, 0.05) is 31.3 Å². The molecule has 104 valence electrons. The van der Waals surface area contributed by atoms with Crippen LogP contribution < -0.4 is 9.64 Å². The van der Waals surface area contributed by atoms with E-state index in [0.717, 1.165) is 37.4 Å². The van der Waals surface area contributed by atoms with Gasteiger partial charge in [0.05, 0.1) is 6.54 Å². The van der Waals surface area contributed by atoms with Crippen molar-refractivity contribution in [3.63, 3.8) is 0 Å². The Labute approximate surface area is 117 Å². The molecular formula is C14H17N5O. The summed E-state index contributed by atoms with van der Waals surface area (Å²) in [5.41, 5.74) is 1.03. The summed E-state index contributed by atoms with van der Waals surface area (Å²) in [5, 5.41) is 0. The lowest BCUT2D eigenvalue weighted by atomic mass is 10.1. The zero-order chi connectivity index (χ0) is 13.8. The van der Waals surface area contributed by atoms with E-state index in [9.17, 15) is 0 Å². The molecule has 1 saturated heterocycles. The molecule has 6 nitrogen and oxygen atoms in total. The van der Waals surface area contributed by atoms with E-state index >= 15 is 0 Å². The van der Waals surface area contributed by atoms with Crippen molar-refractivity contribution in [1.82, 2.24) is 19.9 Å². The highest BCUT2D eigenvalue weighted by Crippen LogP contribution is 2.18. The molecule has 1 atom stereocenters. The average molecular weight is 271 g/mol. The van der Waals surface area contributed by atoms with Crippen LogP contribution in [0.1, 0.15) is 18.4 Å². The molecule has 1 fully saturated rings. The van der Waals surface area contributed by atoms with Crippen LogP contribution >= 0.6 is 0 Å². The van der Waals surface area contributed by atoms with E-state index in [1.54, 1.807) is 24.8 Å². The lowest BCUT2D eigenvalue weighted by Gasteiger charge is -2.32. The Morgan fingerprint density at radius 2 is 1.90 bits per heavy atom. The summed E-state index contributed by atoms with van der Waals surface area (Å²) in [7, 11) is 0. The monoisotopic (exact) mass is 271 g/mol. The van der Waals surface area contributed by atoms with E-state index in [4.69, 9.17) is 4.74 Å². The minimum absolute atomic E-state index is 0.0789. The summed E-state index contributed by atoms with van der Waals surface area (Å²) in [6, 6.07) is 2.26. The molecule has 3 rings (SSSR count). The Balaban J connectivity index is 1.65. The second-order valence-corrected chi connectivity index (χ2v) is 4.92. The first kappa shape index (κ1) is 12.8. The van der Waals surface area contributed by atoms with E-state index in [1.165, 1.54) is 0 Å². The third-order valence-corrected chi connectivity index (χ3v) is 3.24. The lowest BCUT2D eigenvalue weighted by Crippen LogP contribution is -2.42. The molecule has 0 saturated carbocycles. The van der Waals surface area contributed by atoms with Crippen molar-refractivity contribution >= 4 is 5.95 Å². The van der Waals surface area contributed by atoms with E-state index in [-0.39, 0.29) is 6.10 Å². The van der Waals surface area contributed by atoms with Crippen LogP contribution in [0.15, 0.2) is 30.9 Å². The van der Waals surface area contributed by atoms with Crippen molar-refractivity contribution < 1.29 is 4.74 Å².